The maximum absolute atomic E-state index is 5.74. The van der Waals surface area contributed by atoms with Crippen LogP contribution in [0.25, 0.3) is 0 Å². The van der Waals surface area contributed by atoms with Gasteiger partial charge in [0.05, 0.1) is 9.83 Å². The highest BCUT2D eigenvalue weighted by atomic mass is 79.9. The van der Waals surface area contributed by atoms with Crippen molar-refractivity contribution >= 4 is 27.3 Å². The van der Waals surface area contributed by atoms with Crippen molar-refractivity contribution in [2.24, 2.45) is 5.84 Å². The van der Waals surface area contributed by atoms with E-state index < -0.39 is 0 Å². The van der Waals surface area contributed by atoms with Gasteiger partial charge in [-0.1, -0.05) is 12.1 Å². The second kappa shape index (κ2) is 5.53. The molecule has 96 valence electrons. The SMILES string of the molecule is Cc1cc(C)c(C(NN)c2ccc(Br)s2)cc1C. The molecule has 2 aromatic rings. The first-order chi connectivity index (χ1) is 8.52. The largest absolute Gasteiger partial charge is 0.271 e. The van der Waals surface area contributed by atoms with Crippen LogP contribution in [0.4, 0.5) is 0 Å². The fraction of sp³-hybridized carbons (Fsp3) is 0.286. The fourth-order valence-corrected chi connectivity index (χ4v) is 3.61. The summed E-state index contributed by atoms with van der Waals surface area (Å²) in [5.74, 6) is 5.74. The lowest BCUT2D eigenvalue weighted by atomic mass is 9.95. The maximum Gasteiger partial charge on any atom is 0.0805 e. The summed E-state index contributed by atoms with van der Waals surface area (Å²) in [7, 11) is 0. The third-order valence-electron chi connectivity index (χ3n) is 3.24. The first-order valence-corrected chi connectivity index (χ1v) is 7.43. The molecule has 18 heavy (non-hydrogen) atoms. The van der Waals surface area contributed by atoms with E-state index in [1.807, 2.05) is 0 Å². The Hall–Kier alpha value is -0.680. The van der Waals surface area contributed by atoms with Crippen molar-refractivity contribution in [2.75, 3.05) is 0 Å². The van der Waals surface area contributed by atoms with Gasteiger partial charge in [-0.25, -0.2) is 5.43 Å². The molecule has 1 atom stereocenters. The van der Waals surface area contributed by atoms with Gasteiger partial charge in [-0.15, -0.1) is 11.3 Å². The van der Waals surface area contributed by atoms with Crippen LogP contribution in [0.1, 0.15) is 33.2 Å². The van der Waals surface area contributed by atoms with Crippen molar-refractivity contribution in [3.8, 4) is 0 Å². The minimum atomic E-state index is 0.0561. The zero-order valence-corrected chi connectivity index (χ0v) is 13.2. The topological polar surface area (TPSA) is 38.0 Å². The van der Waals surface area contributed by atoms with E-state index >= 15 is 0 Å². The number of nitrogens with two attached hydrogens (primary N) is 1. The Labute approximate surface area is 120 Å². The summed E-state index contributed by atoms with van der Waals surface area (Å²) in [6.07, 6.45) is 0. The van der Waals surface area contributed by atoms with Crippen LogP contribution in [0, 0.1) is 20.8 Å². The first-order valence-electron chi connectivity index (χ1n) is 5.82. The van der Waals surface area contributed by atoms with Crippen LogP contribution in [0.5, 0.6) is 0 Å². The molecule has 1 heterocycles. The number of benzene rings is 1. The van der Waals surface area contributed by atoms with Crippen LogP contribution in [0.15, 0.2) is 28.1 Å². The van der Waals surface area contributed by atoms with E-state index in [0.29, 0.717) is 0 Å². The zero-order chi connectivity index (χ0) is 13.3. The van der Waals surface area contributed by atoms with Crippen molar-refractivity contribution in [2.45, 2.75) is 26.8 Å². The summed E-state index contributed by atoms with van der Waals surface area (Å²) in [5.41, 5.74) is 8.06. The predicted molar refractivity (Wildman–Crippen MR) is 81.8 cm³/mol. The van der Waals surface area contributed by atoms with Crippen molar-refractivity contribution in [3.05, 3.63) is 55.2 Å². The molecular weight excluding hydrogens is 308 g/mol. The van der Waals surface area contributed by atoms with Crippen LogP contribution in [-0.4, -0.2) is 0 Å². The molecule has 2 rings (SSSR count). The molecule has 1 unspecified atom stereocenters. The number of hydrogen-bond acceptors (Lipinski definition) is 3. The molecule has 0 saturated heterocycles. The molecule has 0 bridgehead atoms. The van der Waals surface area contributed by atoms with Crippen LogP contribution < -0.4 is 11.3 Å². The van der Waals surface area contributed by atoms with Crippen LogP contribution in [0.2, 0.25) is 0 Å². The van der Waals surface area contributed by atoms with E-state index in [4.69, 9.17) is 5.84 Å². The van der Waals surface area contributed by atoms with Gasteiger partial charge >= 0.3 is 0 Å². The fourth-order valence-electron chi connectivity index (χ4n) is 2.10. The lowest BCUT2D eigenvalue weighted by Gasteiger charge is -2.19. The monoisotopic (exact) mass is 324 g/mol. The van der Waals surface area contributed by atoms with E-state index in [2.05, 4.69) is 66.4 Å². The summed E-state index contributed by atoms with van der Waals surface area (Å²) < 4.78 is 1.12. The average molecular weight is 325 g/mol. The number of nitrogens with one attached hydrogen (secondary N) is 1. The second-order valence-electron chi connectivity index (χ2n) is 4.53. The Morgan fingerprint density at radius 1 is 1.11 bits per heavy atom. The van der Waals surface area contributed by atoms with Gasteiger partial charge in [0.1, 0.15) is 0 Å². The molecule has 1 aromatic carbocycles. The van der Waals surface area contributed by atoms with Gasteiger partial charge in [-0.3, -0.25) is 5.84 Å². The van der Waals surface area contributed by atoms with E-state index in [-0.39, 0.29) is 6.04 Å². The van der Waals surface area contributed by atoms with E-state index in [9.17, 15) is 0 Å². The summed E-state index contributed by atoms with van der Waals surface area (Å²) in [6.45, 7) is 6.41. The quantitative estimate of drug-likeness (QED) is 0.661. The minimum Gasteiger partial charge on any atom is -0.271 e. The molecule has 0 fully saturated rings. The summed E-state index contributed by atoms with van der Waals surface area (Å²) in [4.78, 5) is 1.22. The second-order valence-corrected chi connectivity index (χ2v) is 7.03. The molecular formula is C14H17BrN2S. The number of thiophene rings is 1. The molecule has 0 radical (unpaired) electrons. The number of rotatable bonds is 3. The Morgan fingerprint density at radius 3 is 2.33 bits per heavy atom. The normalized spacial score (nSPS) is 12.7. The third-order valence-corrected chi connectivity index (χ3v) is 4.93. The highest BCUT2D eigenvalue weighted by molar-refractivity contribution is 9.11. The molecule has 1 aromatic heterocycles. The number of aryl methyl sites for hydroxylation is 3. The Balaban J connectivity index is 2.48. The molecule has 0 aliphatic heterocycles. The van der Waals surface area contributed by atoms with Crippen LogP contribution >= 0.6 is 27.3 Å². The third kappa shape index (κ3) is 2.67. The van der Waals surface area contributed by atoms with E-state index in [0.717, 1.165) is 3.79 Å². The molecule has 0 aliphatic carbocycles. The number of hydrogen-bond donors (Lipinski definition) is 2. The van der Waals surface area contributed by atoms with Gasteiger partial charge in [-0.05, 0) is 71.1 Å². The maximum atomic E-state index is 5.74. The average Bonchev–Trinajstić information content (AvgIpc) is 2.73. The smallest absolute Gasteiger partial charge is 0.0805 e. The Bertz CT molecular complexity index is 563. The molecule has 0 saturated carbocycles. The Morgan fingerprint density at radius 2 is 1.78 bits per heavy atom. The van der Waals surface area contributed by atoms with Gasteiger partial charge in [0, 0.05) is 4.88 Å². The van der Waals surface area contributed by atoms with Gasteiger partial charge in [-0.2, -0.15) is 0 Å². The van der Waals surface area contributed by atoms with E-state index in [1.165, 1.54) is 27.1 Å². The van der Waals surface area contributed by atoms with Crippen molar-refractivity contribution in [1.82, 2.24) is 5.43 Å². The molecule has 4 heteroatoms. The molecule has 0 amide bonds. The highest BCUT2D eigenvalue weighted by Gasteiger charge is 2.17. The molecule has 2 nitrogen and oxygen atoms in total. The van der Waals surface area contributed by atoms with Crippen molar-refractivity contribution in [1.29, 1.82) is 0 Å². The Kier molecular flexibility index (Phi) is 4.22. The summed E-state index contributed by atoms with van der Waals surface area (Å²) >= 11 is 5.20. The predicted octanol–water partition coefficient (Wildman–Crippen LogP) is 3.99. The molecule has 3 N–H and O–H groups in total. The number of hydrazine groups is 1. The standard InChI is InChI=1S/C14H17BrN2S/c1-8-6-10(3)11(7-9(8)2)14(17-16)12-4-5-13(15)18-12/h4-7,14,17H,16H2,1-3H3. The zero-order valence-electron chi connectivity index (χ0n) is 10.8. The van der Waals surface area contributed by atoms with Crippen LogP contribution in [-0.2, 0) is 0 Å². The molecule has 0 spiro atoms. The number of halogens is 1. The minimum absolute atomic E-state index is 0.0561. The first kappa shape index (κ1) is 13.7. The lowest BCUT2D eigenvalue weighted by Crippen LogP contribution is -2.28. The van der Waals surface area contributed by atoms with E-state index in [1.54, 1.807) is 11.3 Å². The van der Waals surface area contributed by atoms with Crippen LogP contribution in [0.3, 0.4) is 0 Å². The summed E-state index contributed by atoms with van der Waals surface area (Å²) in [6, 6.07) is 8.66. The highest BCUT2D eigenvalue weighted by Crippen LogP contribution is 2.33. The molecule has 0 aliphatic rings. The van der Waals surface area contributed by atoms with Gasteiger partial charge in [0.25, 0.3) is 0 Å². The lowest BCUT2D eigenvalue weighted by molar-refractivity contribution is 0.642. The van der Waals surface area contributed by atoms with Crippen molar-refractivity contribution in [3.63, 3.8) is 0 Å². The van der Waals surface area contributed by atoms with Gasteiger partial charge in [0.2, 0.25) is 0 Å². The van der Waals surface area contributed by atoms with Crippen molar-refractivity contribution < 1.29 is 0 Å². The van der Waals surface area contributed by atoms with Gasteiger partial charge < -0.3 is 0 Å². The van der Waals surface area contributed by atoms with Gasteiger partial charge in [0.15, 0.2) is 0 Å². The summed E-state index contributed by atoms with van der Waals surface area (Å²) in [5, 5.41) is 0.